The molecule has 0 unspecified atom stereocenters. The fourth-order valence-corrected chi connectivity index (χ4v) is 7.68. The molecule has 286 valence electrons. The number of benzene rings is 1. The summed E-state index contributed by atoms with van der Waals surface area (Å²) in [5, 5.41) is 11.0. The molecule has 0 spiro atoms. The molecule has 5 amide bonds. The number of carbonyl (C=O) groups excluding carboxylic acids is 4. The highest BCUT2D eigenvalue weighted by Crippen LogP contribution is 2.65. The van der Waals surface area contributed by atoms with Gasteiger partial charge in [0, 0.05) is 44.6 Å². The fraction of sp³-hybridized carbons (Fsp3) is 0.722. The maximum atomic E-state index is 14.4. The molecule has 1 aromatic carbocycles. The normalized spacial score (nSPS) is 25.8. The Morgan fingerprint density at radius 2 is 1.59 bits per heavy atom. The number of likely N-dealkylation sites (N-methyl/N-ethyl adjacent to an activating group) is 1. The van der Waals surface area contributed by atoms with E-state index < -0.39 is 81.6 Å². The summed E-state index contributed by atoms with van der Waals surface area (Å²) in [6.07, 6.45) is -2.01. The molecule has 8 atom stereocenters. The monoisotopic (exact) mass is 738 g/mol. The second-order valence-corrected chi connectivity index (χ2v) is 19.4. The van der Waals surface area contributed by atoms with Gasteiger partial charge in [-0.3, -0.25) is 14.4 Å². The Hall–Kier alpha value is -3.33. The number of urea groups is 1. The van der Waals surface area contributed by atoms with Crippen molar-refractivity contribution in [1.29, 1.82) is 0 Å². The number of amides is 5. The molecule has 3 aliphatic rings. The van der Waals surface area contributed by atoms with Crippen LogP contribution in [0.4, 0.5) is 13.6 Å². The first-order valence-corrected chi connectivity index (χ1v) is 19.4. The minimum atomic E-state index is -3.53. The van der Waals surface area contributed by atoms with Gasteiger partial charge in [-0.1, -0.05) is 85.7 Å². The van der Waals surface area contributed by atoms with E-state index in [9.17, 15) is 36.4 Å². The van der Waals surface area contributed by atoms with Crippen LogP contribution in [-0.2, 0) is 24.4 Å². The third kappa shape index (κ3) is 9.57. The Morgan fingerprint density at radius 3 is 2.12 bits per heavy atom. The quantitative estimate of drug-likeness (QED) is 0.244. The number of sulfonamides is 1. The summed E-state index contributed by atoms with van der Waals surface area (Å²) >= 11 is 0. The first-order chi connectivity index (χ1) is 23.3. The zero-order chi connectivity index (χ0) is 38.4. The van der Waals surface area contributed by atoms with Gasteiger partial charge in [0.15, 0.2) is 0 Å². The van der Waals surface area contributed by atoms with Crippen LogP contribution >= 0.6 is 0 Å². The summed E-state index contributed by atoms with van der Waals surface area (Å²) in [5.41, 5.74) is -0.642. The lowest BCUT2D eigenvalue weighted by molar-refractivity contribution is -0.144. The highest BCUT2D eigenvalue weighted by Gasteiger charge is 2.70. The first-order valence-electron chi connectivity index (χ1n) is 17.6. The first kappa shape index (κ1) is 40.4. The van der Waals surface area contributed by atoms with E-state index in [1.165, 1.54) is 11.9 Å². The number of piperidine rings is 1. The van der Waals surface area contributed by atoms with Crippen molar-refractivity contribution in [2.24, 2.45) is 28.1 Å². The summed E-state index contributed by atoms with van der Waals surface area (Å²) in [6.45, 7) is 15.1. The van der Waals surface area contributed by atoms with Gasteiger partial charge < -0.3 is 26.2 Å². The van der Waals surface area contributed by atoms with Crippen molar-refractivity contribution >= 4 is 33.8 Å². The number of rotatable bonds is 13. The molecule has 1 aromatic rings. The topological polar surface area (TPSA) is 157 Å². The third-order valence-electron chi connectivity index (χ3n) is 10.9. The average molecular weight is 739 g/mol. The minimum Gasteiger partial charge on any atom is -0.351 e. The minimum absolute atomic E-state index is 0.00227. The molecule has 15 heteroatoms. The van der Waals surface area contributed by atoms with Crippen molar-refractivity contribution < 1.29 is 36.4 Å². The summed E-state index contributed by atoms with van der Waals surface area (Å²) < 4.78 is 52.9. The molecule has 1 heterocycles. The molecule has 1 aliphatic heterocycles. The summed E-state index contributed by atoms with van der Waals surface area (Å²) in [5.74, 6) is -2.15. The van der Waals surface area contributed by atoms with Crippen molar-refractivity contribution in [1.82, 2.24) is 30.5 Å². The Balaban J connectivity index is 1.50. The van der Waals surface area contributed by atoms with Crippen LogP contribution in [0.15, 0.2) is 30.3 Å². The Labute approximate surface area is 301 Å². The standard InChI is InChI=1S/C36H56F2N6O6S/c1-34(2,3)25(19-43(9)51(10,49)50)41-33(48)42-29(35(4,5)6)32(47)44-18-22-27(36(22,7)8)28(44)31(46)40-24(17-26(37)38)30(45)39-23-16-21(23)20-14-12-11-13-15-20/h11-15,21-29H,16-19H2,1-10H3,(H,39,45)(H,40,46)(H2,41,42,48)/t21-,22-,23-,24-,25+,27-,28-,29+/m0/s1. The predicted molar refractivity (Wildman–Crippen MR) is 190 cm³/mol. The van der Waals surface area contributed by atoms with Gasteiger partial charge in [0.25, 0.3) is 0 Å². The van der Waals surface area contributed by atoms with Gasteiger partial charge >= 0.3 is 6.03 Å². The molecule has 4 rings (SSSR count). The molecule has 0 radical (unpaired) electrons. The molecule has 12 nitrogen and oxygen atoms in total. The summed E-state index contributed by atoms with van der Waals surface area (Å²) in [6, 6.07) is 4.37. The van der Waals surface area contributed by atoms with Gasteiger partial charge in [-0.05, 0) is 40.1 Å². The van der Waals surface area contributed by atoms with Gasteiger partial charge in [0.1, 0.15) is 18.1 Å². The van der Waals surface area contributed by atoms with Crippen molar-refractivity contribution in [2.75, 3.05) is 26.4 Å². The van der Waals surface area contributed by atoms with Crippen LogP contribution in [0.25, 0.3) is 0 Å². The molecule has 2 saturated carbocycles. The number of hydrogen-bond acceptors (Lipinski definition) is 6. The SMILES string of the molecule is CN(C[C@@H](NC(=O)N[C@H](C(=O)N1C[C@H]2[C@@H]([C@H]1C(=O)N[C@@H](CC(F)F)C(=O)N[C@H]1C[C@H]1c1ccccc1)C2(C)C)C(C)(C)C)C(C)(C)C)S(C)(=O)=O. The van der Waals surface area contributed by atoms with Gasteiger partial charge in [-0.2, -0.15) is 0 Å². The number of likely N-dealkylation sites (tertiary alicyclic amines) is 1. The van der Waals surface area contributed by atoms with Crippen LogP contribution in [0.2, 0.25) is 0 Å². The van der Waals surface area contributed by atoms with E-state index in [0.29, 0.717) is 6.42 Å². The molecule has 0 aromatic heterocycles. The van der Waals surface area contributed by atoms with Crippen LogP contribution in [-0.4, -0.2) is 104 Å². The average Bonchev–Trinajstić information content (AvgIpc) is 3.80. The smallest absolute Gasteiger partial charge is 0.315 e. The Bertz CT molecular complexity index is 1580. The summed E-state index contributed by atoms with van der Waals surface area (Å²) in [4.78, 5) is 56.6. The zero-order valence-corrected chi connectivity index (χ0v) is 32.2. The van der Waals surface area contributed by atoms with Gasteiger partial charge in [-0.15, -0.1) is 0 Å². The lowest BCUT2D eigenvalue weighted by Crippen LogP contribution is -2.62. The van der Waals surface area contributed by atoms with Crippen molar-refractivity contribution in [3.05, 3.63) is 35.9 Å². The van der Waals surface area contributed by atoms with Crippen LogP contribution in [0.3, 0.4) is 0 Å². The second kappa shape index (κ2) is 14.6. The summed E-state index contributed by atoms with van der Waals surface area (Å²) in [7, 11) is -2.11. The Morgan fingerprint density at radius 1 is 0.980 bits per heavy atom. The van der Waals surface area contributed by atoms with Crippen LogP contribution in [0.5, 0.6) is 0 Å². The van der Waals surface area contributed by atoms with Crippen molar-refractivity contribution in [2.45, 2.75) is 111 Å². The van der Waals surface area contributed by atoms with Gasteiger partial charge in [-0.25, -0.2) is 26.3 Å². The van der Waals surface area contributed by atoms with E-state index in [2.05, 4.69) is 21.3 Å². The second-order valence-electron chi connectivity index (χ2n) is 17.3. The van der Waals surface area contributed by atoms with Crippen molar-refractivity contribution in [3.8, 4) is 0 Å². The Kier molecular flexibility index (Phi) is 11.6. The molecular weight excluding hydrogens is 682 g/mol. The van der Waals surface area contributed by atoms with E-state index in [-0.39, 0.29) is 42.3 Å². The number of nitrogens with one attached hydrogen (secondary N) is 4. The number of fused-ring (bicyclic) bond motifs is 1. The number of halogens is 2. The molecule has 51 heavy (non-hydrogen) atoms. The van der Waals surface area contributed by atoms with E-state index in [1.807, 2.05) is 65.0 Å². The lowest BCUT2D eigenvalue weighted by Gasteiger charge is -2.39. The van der Waals surface area contributed by atoms with Crippen molar-refractivity contribution in [3.63, 3.8) is 0 Å². The maximum absolute atomic E-state index is 14.4. The van der Waals surface area contributed by atoms with Gasteiger partial charge in [0.2, 0.25) is 34.2 Å². The van der Waals surface area contributed by atoms with Crippen LogP contribution < -0.4 is 21.3 Å². The van der Waals surface area contributed by atoms with E-state index in [4.69, 9.17) is 0 Å². The molecule has 3 fully saturated rings. The number of alkyl halides is 2. The third-order valence-corrected chi connectivity index (χ3v) is 12.2. The van der Waals surface area contributed by atoms with Crippen LogP contribution in [0.1, 0.15) is 79.7 Å². The highest BCUT2D eigenvalue weighted by molar-refractivity contribution is 7.88. The zero-order valence-electron chi connectivity index (χ0n) is 31.4. The van der Waals surface area contributed by atoms with E-state index >= 15 is 0 Å². The number of carbonyl (C=O) groups is 4. The molecule has 2 aliphatic carbocycles. The fourth-order valence-electron chi connectivity index (χ4n) is 7.26. The highest BCUT2D eigenvalue weighted by atomic mass is 32.2. The largest absolute Gasteiger partial charge is 0.351 e. The van der Waals surface area contributed by atoms with Gasteiger partial charge in [0.05, 0.1) is 6.26 Å². The van der Waals surface area contributed by atoms with E-state index in [0.717, 1.165) is 16.1 Å². The number of hydrogen-bond donors (Lipinski definition) is 4. The molecular formula is C36H56F2N6O6S. The molecule has 1 saturated heterocycles. The lowest BCUT2D eigenvalue weighted by atomic mass is 9.85. The predicted octanol–water partition coefficient (Wildman–Crippen LogP) is 3.30. The number of nitrogens with zero attached hydrogens (tertiary/aromatic N) is 2. The molecule has 0 bridgehead atoms. The van der Waals surface area contributed by atoms with E-state index in [1.54, 1.807) is 20.8 Å². The van der Waals surface area contributed by atoms with Crippen LogP contribution in [0, 0.1) is 28.1 Å². The maximum Gasteiger partial charge on any atom is 0.315 e. The molecule has 4 N–H and O–H groups in total.